The van der Waals surface area contributed by atoms with Crippen molar-refractivity contribution in [2.24, 2.45) is 0 Å². The molecule has 0 aromatic heterocycles. The third kappa shape index (κ3) is 6.40. The van der Waals surface area contributed by atoms with Crippen LogP contribution in [0.2, 0.25) is 0 Å². The molecule has 0 spiro atoms. The summed E-state index contributed by atoms with van der Waals surface area (Å²) in [5.41, 5.74) is 1.29. The van der Waals surface area contributed by atoms with Crippen molar-refractivity contribution in [2.45, 2.75) is 18.1 Å². The number of hydrogen-bond acceptors (Lipinski definition) is 2. The van der Waals surface area contributed by atoms with Gasteiger partial charge in [0.2, 0.25) is 0 Å². The zero-order valence-corrected chi connectivity index (χ0v) is 21.0. The molecule has 0 heterocycles. The van der Waals surface area contributed by atoms with Gasteiger partial charge >= 0.3 is 0 Å². The van der Waals surface area contributed by atoms with Crippen LogP contribution in [0.1, 0.15) is 23.7 Å². The average molecular weight is 589 g/mol. The normalized spacial score (nSPS) is 11.3. The largest absolute Gasteiger partial charge is 0.198 e. The van der Waals surface area contributed by atoms with E-state index >= 15 is 0 Å². The van der Waals surface area contributed by atoms with Crippen molar-refractivity contribution >= 4 is 46.4 Å². The van der Waals surface area contributed by atoms with Crippen molar-refractivity contribution < 1.29 is 21.1 Å². The molecule has 0 saturated heterocycles. The molecule has 0 aliphatic carbocycles. The summed E-state index contributed by atoms with van der Waals surface area (Å²) in [5, 5.41) is 2.95. The standard InChI is InChI=1S/C24H21PS2.W/c1-2-3-19-23(20-13-7-4-8-14-20)27-24(26)25(21-15-9-5-10-16-21)22-17-11-6-12-18-22;/h1,4-18,23H,3,19H2;/p+1. The van der Waals surface area contributed by atoms with Crippen LogP contribution in [0, 0.1) is 12.3 Å². The number of benzene rings is 3. The van der Waals surface area contributed by atoms with Crippen LogP contribution in [-0.2, 0) is 21.1 Å². The topological polar surface area (TPSA) is 0 Å². The van der Waals surface area contributed by atoms with E-state index in [4.69, 9.17) is 18.6 Å². The molecule has 0 aliphatic rings. The fourth-order valence-electron chi connectivity index (χ4n) is 2.98. The van der Waals surface area contributed by atoms with Gasteiger partial charge in [-0.15, -0.1) is 12.3 Å². The van der Waals surface area contributed by atoms with Crippen LogP contribution in [0.5, 0.6) is 0 Å². The number of thioether (sulfide) groups is 1. The first kappa shape index (κ1) is 23.1. The second kappa shape index (κ2) is 12.4. The second-order valence-corrected chi connectivity index (χ2v) is 11.2. The van der Waals surface area contributed by atoms with Gasteiger partial charge in [0, 0.05) is 32.7 Å². The number of rotatable bonds is 7. The molecule has 3 rings (SSSR count). The molecule has 0 radical (unpaired) electrons. The molecule has 0 saturated carbocycles. The number of terminal acetylenes is 1. The maximum atomic E-state index is 6.02. The number of thiocarbonyl (C=S) groups is 1. The molecule has 0 N–H and O–H groups in total. The molecular formula is C24H22PS2W+. The van der Waals surface area contributed by atoms with E-state index in [-0.39, 0.29) is 21.1 Å². The van der Waals surface area contributed by atoms with E-state index in [2.05, 4.69) is 90.8 Å². The summed E-state index contributed by atoms with van der Waals surface area (Å²) in [4.78, 5) is 0. The second-order valence-electron chi connectivity index (χ2n) is 6.15. The molecule has 28 heavy (non-hydrogen) atoms. The Bertz CT molecular complexity index is 853. The Morgan fingerprint density at radius 3 is 1.79 bits per heavy atom. The van der Waals surface area contributed by atoms with Crippen LogP contribution in [-0.4, -0.2) is 3.94 Å². The van der Waals surface area contributed by atoms with E-state index in [1.54, 1.807) is 0 Å². The van der Waals surface area contributed by atoms with Crippen molar-refractivity contribution in [3.8, 4) is 12.3 Å². The first-order chi connectivity index (χ1) is 13.3. The van der Waals surface area contributed by atoms with Crippen molar-refractivity contribution in [3.63, 3.8) is 0 Å². The van der Waals surface area contributed by atoms with Crippen LogP contribution in [0.4, 0.5) is 0 Å². The Morgan fingerprint density at radius 2 is 1.32 bits per heavy atom. The van der Waals surface area contributed by atoms with Gasteiger partial charge in [-0.3, -0.25) is 0 Å². The van der Waals surface area contributed by atoms with Crippen LogP contribution in [0.25, 0.3) is 0 Å². The van der Waals surface area contributed by atoms with E-state index in [1.807, 2.05) is 17.8 Å². The van der Waals surface area contributed by atoms with Crippen LogP contribution < -0.4 is 10.6 Å². The molecule has 4 heteroatoms. The zero-order valence-electron chi connectivity index (χ0n) is 15.5. The average Bonchev–Trinajstić information content (AvgIpc) is 2.73. The maximum absolute atomic E-state index is 6.02. The summed E-state index contributed by atoms with van der Waals surface area (Å²) in [5.74, 6) is 2.79. The minimum atomic E-state index is -1.16. The van der Waals surface area contributed by atoms with Gasteiger partial charge in [-0.1, -0.05) is 78.5 Å². The summed E-state index contributed by atoms with van der Waals surface area (Å²) < 4.78 is 1.09. The molecule has 0 nitrogen and oxygen atoms in total. The summed E-state index contributed by atoms with van der Waals surface area (Å²) in [6.07, 6.45) is 7.23. The Balaban J connectivity index is 0.00000280. The quantitative estimate of drug-likeness (QED) is 0.188. The van der Waals surface area contributed by atoms with E-state index in [0.717, 1.165) is 16.8 Å². The molecule has 1 unspecified atom stereocenters. The summed E-state index contributed by atoms with van der Waals surface area (Å²) in [6, 6.07) is 31.9. The Kier molecular flexibility index (Phi) is 10.2. The van der Waals surface area contributed by atoms with E-state index in [9.17, 15) is 0 Å². The van der Waals surface area contributed by atoms with Crippen LogP contribution in [0.15, 0.2) is 91.0 Å². The SMILES string of the molecule is C#CCCC(SC(=S)[PH+](c1ccccc1)c1ccccc1)c1ccccc1.[W]. The van der Waals surface area contributed by atoms with Crippen LogP contribution >= 0.6 is 31.9 Å². The van der Waals surface area contributed by atoms with Gasteiger partial charge < -0.3 is 0 Å². The summed E-state index contributed by atoms with van der Waals surface area (Å²) >= 11 is 7.84. The molecule has 0 amide bonds. The molecule has 3 aromatic carbocycles. The minimum absolute atomic E-state index is 0. The van der Waals surface area contributed by atoms with E-state index in [0.29, 0.717) is 5.25 Å². The fourth-order valence-corrected chi connectivity index (χ4v) is 8.28. The van der Waals surface area contributed by atoms with Gasteiger partial charge in [-0.25, -0.2) is 0 Å². The van der Waals surface area contributed by atoms with E-state index < -0.39 is 7.92 Å². The van der Waals surface area contributed by atoms with Crippen molar-refractivity contribution in [2.75, 3.05) is 0 Å². The van der Waals surface area contributed by atoms with Gasteiger partial charge in [-0.2, -0.15) is 0 Å². The molecule has 1 atom stereocenters. The van der Waals surface area contributed by atoms with Crippen molar-refractivity contribution in [1.82, 2.24) is 0 Å². The minimum Gasteiger partial charge on any atom is -0.120 e. The molecule has 3 aromatic rings. The van der Waals surface area contributed by atoms with Crippen molar-refractivity contribution in [3.05, 3.63) is 96.6 Å². The fraction of sp³-hybridized carbons (Fsp3) is 0.125. The molecule has 0 fully saturated rings. The van der Waals surface area contributed by atoms with E-state index in [1.165, 1.54) is 16.2 Å². The summed E-state index contributed by atoms with van der Waals surface area (Å²) in [6.45, 7) is 0. The van der Waals surface area contributed by atoms with Crippen LogP contribution in [0.3, 0.4) is 0 Å². The Hall–Kier alpha value is -1.22. The number of hydrogen-bond donors (Lipinski definition) is 0. The predicted molar refractivity (Wildman–Crippen MR) is 128 cm³/mol. The first-order valence-electron chi connectivity index (χ1n) is 8.97. The summed E-state index contributed by atoms with van der Waals surface area (Å²) in [7, 11) is -1.16. The van der Waals surface area contributed by atoms with Gasteiger partial charge in [0.15, 0.2) is 3.94 Å². The molecule has 0 aliphatic heterocycles. The maximum Gasteiger partial charge on any atom is 0.198 e. The van der Waals surface area contributed by atoms with Gasteiger partial charge in [-0.05, 0) is 48.5 Å². The molecule has 0 bridgehead atoms. The Morgan fingerprint density at radius 1 is 0.857 bits per heavy atom. The first-order valence-corrected chi connectivity index (χ1v) is 11.8. The monoisotopic (exact) mass is 589 g/mol. The smallest absolute Gasteiger partial charge is 0.120 e. The third-order valence-electron chi connectivity index (χ3n) is 4.30. The molecule has 140 valence electrons. The third-order valence-corrected chi connectivity index (χ3v) is 9.40. The predicted octanol–water partition coefficient (Wildman–Crippen LogP) is 6.02. The zero-order chi connectivity index (χ0) is 18.9. The van der Waals surface area contributed by atoms with Crippen molar-refractivity contribution in [1.29, 1.82) is 0 Å². The Labute approximate surface area is 193 Å². The van der Waals surface area contributed by atoms with Gasteiger partial charge in [0.25, 0.3) is 0 Å². The van der Waals surface area contributed by atoms with Gasteiger partial charge in [0.05, 0.1) is 0 Å². The van der Waals surface area contributed by atoms with Gasteiger partial charge in [0.1, 0.15) is 18.5 Å². The molecular weight excluding hydrogens is 567 g/mol.